The third-order valence-corrected chi connectivity index (χ3v) is 4.77. The number of aliphatic hydroxyl groups is 1. The topological polar surface area (TPSA) is 95.8 Å². The van der Waals surface area contributed by atoms with Crippen LogP contribution in [0.25, 0.3) is 0 Å². The van der Waals surface area contributed by atoms with Gasteiger partial charge in [0, 0.05) is 6.21 Å². The first kappa shape index (κ1) is 21.2. The minimum atomic E-state index is -5.27. The number of aliphatic imine (C=N–C) groups is 1. The van der Waals surface area contributed by atoms with Crippen LogP contribution in [-0.2, 0) is 14.8 Å². The highest BCUT2D eigenvalue weighted by atomic mass is 32.2. The molecule has 10 heteroatoms. The quantitative estimate of drug-likeness (QED) is 0.446. The zero-order valence-electron chi connectivity index (χ0n) is 14.4. The number of amides is 1. The van der Waals surface area contributed by atoms with E-state index in [-0.39, 0.29) is 10.6 Å². The van der Waals surface area contributed by atoms with Gasteiger partial charge in [-0.2, -0.15) is 13.2 Å². The summed E-state index contributed by atoms with van der Waals surface area (Å²) in [7, 11) is -4.46. The van der Waals surface area contributed by atoms with Crippen molar-refractivity contribution >= 4 is 27.8 Å². The van der Waals surface area contributed by atoms with Gasteiger partial charge in [-0.15, -0.1) is 0 Å². The van der Waals surface area contributed by atoms with E-state index in [1.807, 2.05) is 0 Å². The Bertz CT molecular complexity index is 1010. The Kier molecular flexibility index (Phi) is 6.24. The van der Waals surface area contributed by atoms with Crippen LogP contribution >= 0.6 is 0 Å². The highest BCUT2D eigenvalue weighted by Crippen LogP contribution is 2.26. The first-order valence-corrected chi connectivity index (χ1v) is 9.22. The van der Waals surface area contributed by atoms with Crippen molar-refractivity contribution in [2.24, 2.45) is 4.99 Å². The van der Waals surface area contributed by atoms with Crippen LogP contribution in [0, 0.1) is 6.92 Å². The molecule has 0 saturated carbocycles. The summed E-state index contributed by atoms with van der Waals surface area (Å²) in [6, 6.07) is 12.9. The molecule has 0 fully saturated rings. The normalized spacial score (nSPS) is 13.3. The van der Waals surface area contributed by atoms with Crippen molar-refractivity contribution in [2.75, 3.05) is 0 Å². The van der Waals surface area contributed by atoms with E-state index in [0.717, 1.165) is 5.56 Å². The summed E-state index contributed by atoms with van der Waals surface area (Å²) in [4.78, 5) is 15.6. The van der Waals surface area contributed by atoms with Gasteiger partial charge in [0.25, 0.3) is 15.9 Å². The zero-order chi connectivity index (χ0) is 20.9. The van der Waals surface area contributed by atoms with Crippen molar-refractivity contribution in [2.45, 2.75) is 18.0 Å². The molecule has 148 valence electrons. The minimum Gasteiger partial charge on any atom is -0.504 e. The first-order valence-electron chi connectivity index (χ1n) is 7.74. The van der Waals surface area contributed by atoms with Gasteiger partial charge in [-0.1, -0.05) is 35.9 Å². The number of para-hydroxylation sites is 1. The first-order chi connectivity index (χ1) is 13.0. The standard InChI is InChI=1S/C18H15F3N2O4S/c1-12-7-9-14(10-8-12)28(26,27)23-17(25)15(16(24)18(19,20)21)11-22-13-5-3-2-4-6-13/h2-11,24H,1H3,(H,23,25)/b16-15+,22-11?. The molecule has 0 unspecified atom stereocenters. The van der Waals surface area contributed by atoms with E-state index in [9.17, 15) is 31.5 Å². The summed E-state index contributed by atoms with van der Waals surface area (Å²) < 4.78 is 64.7. The predicted molar refractivity (Wildman–Crippen MR) is 96.8 cm³/mol. The van der Waals surface area contributed by atoms with E-state index in [4.69, 9.17) is 0 Å². The Morgan fingerprint density at radius 2 is 1.64 bits per heavy atom. The van der Waals surface area contributed by atoms with Gasteiger partial charge in [0.15, 0.2) is 0 Å². The van der Waals surface area contributed by atoms with Crippen LogP contribution in [0.2, 0.25) is 0 Å². The maximum Gasteiger partial charge on any atom is 0.449 e. The number of allylic oxidation sites excluding steroid dienone is 1. The Balaban J connectivity index is 2.39. The van der Waals surface area contributed by atoms with Gasteiger partial charge in [0.1, 0.15) is 5.57 Å². The number of nitrogens with one attached hydrogen (secondary N) is 1. The molecular formula is C18H15F3N2O4S. The molecule has 2 aromatic carbocycles. The molecule has 0 aliphatic heterocycles. The summed E-state index contributed by atoms with van der Waals surface area (Å²) in [5.74, 6) is -3.93. The second kappa shape index (κ2) is 8.26. The molecule has 2 N–H and O–H groups in total. The summed E-state index contributed by atoms with van der Waals surface area (Å²) >= 11 is 0. The van der Waals surface area contributed by atoms with E-state index in [1.165, 1.54) is 41.1 Å². The number of rotatable bonds is 5. The van der Waals surface area contributed by atoms with Crippen molar-refractivity contribution < 1.29 is 31.5 Å². The van der Waals surface area contributed by atoms with Crippen molar-refractivity contribution in [3.05, 3.63) is 71.5 Å². The van der Waals surface area contributed by atoms with Crippen LogP contribution in [0.15, 0.2) is 75.8 Å². The van der Waals surface area contributed by atoms with Gasteiger partial charge < -0.3 is 5.11 Å². The van der Waals surface area contributed by atoms with Crippen LogP contribution < -0.4 is 4.72 Å². The molecule has 0 aliphatic rings. The van der Waals surface area contributed by atoms with Crippen molar-refractivity contribution in [1.29, 1.82) is 0 Å². The fourth-order valence-electron chi connectivity index (χ4n) is 1.99. The van der Waals surface area contributed by atoms with E-state index < -0.39 is 33.4 Å². The number of benzene rings is 2. The Morgan fingerprint density at radius 1 is 1.07 bits per heavy atom. The van der Waals surface area contributed by atoms with Crippen LogP contribution in [-0.4, -0.2) is 31.8 Å². The molecule has 28 heavy (non-hydrogen) atoms. The van der Waals surface area contributed by atoms with E-state index in [2.05, 4.69) is 4.99 Å². The third kappa shape index (κ3) is 5.43. The number of nitrogens with zero attached hydrogens (tertiary/aromatic N) is 1. The predicted octanol–water partition coefficient (Wildman–Crippen LogP) is 3.58. The molecule has 0 atom stereocenters. The van der Waals surface area contributed by atoms with Crippen LogP contribution in [0.1, 0.15) is 5.56 Å². The zero-order valence-corrected chi connectivity index (χ0v) is 15.3. The fraction of sp³-hybridized carbons (Fsp3) is 0.111. The summed E-state index contributed by atoms with van der Waals surface area (Å²) in [5, 5.41) is 9.41. The van der Waals surface area contributed by atoms with E-state index in [1.54, 1.807) is 25.1 Å². The fourth-order valence-corrected chi connectivity index (χ4v) is 2.95. The molecule has 0 aliphatic carbocycles. The third-order valence-electron chi connectivity index (χ3n) is 3.43. The lowest BCUT2D eigenvalue weighted by Crippen LogP contribution is -2.34. The van der Waals surface area contributed by atoms with Gasteiger partial charge in [-0.05, 0) is 31.2 Å². The molecule has 0 radical (unpaired) electrons. The van der Waals surface area contributed by atoms with Gasteiger partial charge in [0.05, 0.1) is 10.6 Å². The van der Waals surface area contributed by atoms with Crippen molar-refractivity contribution in [3.8, 4) is 0 Å². The molecular weight excluding hydrogens is 397 g/mol. The second-order valence-corrected chi connectivity index (χ2v) is 7.28. The Labute approximate surface area is 159 Å². The van der Waals surface area contributed by atoms with Gasteiger partial charge in [-0.3, -0.25) is 9.79 Å². The van der Waals surface area contributed by atoms with E-state index in [0.29, 0.717) is 6.21 Å². The number of carbonyl (C=O) groups excluding carboxylic acids is 1. The number of sulfonamides is 1. The molecule has 0 aromatic heterocycles. The summed E-state index contributed by atoms with van der Waals surface area (Å²) in [6.07, 6.45) is -4.82. The van der Waals surface area contributed by atoms with Gasteiger partial charge in [0.2, 0.25) is 5.76 Å². The number of carbonyl (C=O) groups is 1. The SMILES string of the molecule is Cc1ccc(S(=O)(=O)NC(=O)/C(C=Nc2ccccc2)=C(/O)C(F)(F)F)cc1. The van der Waals surface area contributed by atoms with Gasteiger partial charge >= 0.3 is 6.18 Å². The average Bonchev–Trinajstić information content (AvgIpc) is 2.61. The highest BCUT2D eigenvalue weighted by molar-refractivity contribution is 7.90. The summed E-state index contributed by atoms with van der Waals surface area (Å²) in [5.41, 5.74) is -0.397. The lowest BCUT2D eigenvalue weighted by molar-refractivity contribution is -0.126. The van der Waals surface area contributed by atoms with Crippen LogP contribution in [0.5, 0.6) is 0 Å². The molecule has 0 bridgehead atoms. The molecule has 1 amide bonds. The van der Waals surface area contributed by atoms with Gasteiger partial charge in [-0.25, -0.2) is 13.1 Å². The number of hydrogen-bond donors (Lipinski definition) is 2. The number of alkyl halides is 3. The molecule has 6 nitrogen and oxygen atoms in total. The number of aryl methyl sites for hydroxylation is 1. The minimum absolute atomic E-state index is 0.198. The number of hydrogen-bond acceptors (Lipinski definition) is 5. The molecule has 2 aromatic rings. The highest BCUT2D eigenvalue weighted by Gasteiger charge is 2.38. The van der Waals surface area contributed by atoms with Crippen molar-refractivity contribution in [1.82, 2.24) is 4.72 Å². The number of halogens is 3. The number of aliphatic hydroxyl groups excluding tert-OH is 1. The largest absolute Gasteiger partial charge is 0.504 e. The lowest BCUT2D eigenvalue weighted by atomic mass is 10.2. The Hall–Kier alpha value is -3.14. The molecule has 0 spiro atoms. The van der Waals surface area contributed by atoms with Crippen LogP contribution in [0.4, 0.5) is 18.9 Å². The van der Waals surface area contributed by atoms with Crippen LogP contribution in [0.3, 0.4) is 0 Å². The maximum atomic E-state index is 12.9. The smallest absolute Gasteiger partial charge is 0.449 e. The maximum absolute atomic E-state index is 12.9. The molecule has 0 heterocycles. The molecule has 2 rings (SSSR count). The van der Waals surface area contributed by atoms with E-state index >= 15 is 0 Å². The lowest BCUT2D eigenvalue weighted by Gasteiger charge is -2.11. The second-order valence-electron chi connectivity index (χ2n) is 5.60. The summed E-state index contributed by atoms with van der Waals surface area (Å²) in [6.45, 7) is 1.71. The monoisotopic (exact) mass is 412 g/mol. The Morgan fingerprint density at radius 3 is 2.18 bits per heavy atom. The average molecular weight is 412 g/mol. The molecule has 0 saturated heterocycles. The van der Waals surface area contributed by atoms with Crippen molar-refractivity contribution in [3.63, 3.8) is 0 Å².